The first-order valence-corrected chi connectivity index (χ1v) is 14.2. The van der Waals surface area contributed by atoms with Crippen molar-refractivity contribution in [1.82, 2.24) is 0 Å². The molecule has 0 spiro atoms. The van der Waals surface area contributed by atoms with Crippen LogP contribution in [0.15, 0.2) is 109 Å². The molecule has 0 amide bonds. The number of ether oxygens (including phenoxy) is 4. The molecule has 0 saturated heterocycles. The Balaban J connectivity index is 1.27. The van der Waals surface area contributed by atoms with Gasteiger partial charge in [0, 0.05) is 11.1 Å². The van der Waals surface area contributed by atoms with Gasteiger partial charge in [-0.3, -0.25) is 0 Å². The molecule has 6 aromatic carbocycles. The minimum atomic E-state index is 0.169. The molecular weight excluding hydrogens is 532 g/mol. The minimum absolute atomic E-state index is 0.169. The Hall–Kier alpha value is -5.48. The second-order valence-electron chi connectivity index (χ2n) is 10.5. The summed E-state index contributed by atoms with van der Waals surface area (Å²) in [5, 5.41) is 4.54. The van der Waals surface area contributed by atoms with Crippen molar-refractivity contribution in [3.8, 4) is 34.1 Å². The standard InChI is InChI=1S/C39H30O4/c1-40-32-15-7-26(8-16-32)3-5-28-11-19-34-30(23-28)13-21-36-38(34)39-35-20-12-29(6-4-27-9-17-33(41-2)18-10-27)24-31(35)14-22-37(39)43-25-42-36/h3-24H,25H2,1-2H3/b5-3-,6-4+. The van der Waals surface area contributed by atoms with E-state index in [0.29, 0.717) is 0 Å². The highest BCUT2D eigenvalue weighted by Crippen LogP contribution is 2.47. The van der Waals surface area contributed by atoms with Crippen LogP contribution < -0.4 is 18.9 Å². The average Bonchev–Trinajstić information content (AvgIpc) is 3.26. The van der Waals surface area contributed by atoms with Crippen LogP contribution in [0.1, 0.15) is 22.3 Å². The van der Waals surface area contributed by atoms with Crippen LogP contribution in [0.4, 0.5) is 0 Å². The first-order chi connectivity index (χ1) is 21.2. The first-order valence-electron chi connectivity index (χ1n) is 14.2. The third kappa shape index (κ3) is 5.31. The van der Waals surface area contributed by atoms with Crippen molar-refractivity contribution in [2.45, 2.75) is 0 Å². The highest BCUT2D eigenvalue weighted by molar-refractivity contribution is 6.10. The van der Waals surface area contributed by atoms with Gasteiger partial charge in [-0.2, -0.15) is 0 Å². The fourth-order valence-corrected chi connectivity index (χ4v) is 5.59. The molecule has 0 aliphatic carbocycles. The monoisotopic (exact) mass is 562 g/mol. The fraction of sp³-hybridized carbons (Fsp3) is 0.0769. The zero-order valence-corrected chi connectivity index (χ0v) is 24.0. The lowest BCUT2D eigenvalue weighted by molar-refractivity contribution is 0.125. The summed E-state index contributed by atoms with van der Waals surface area (Å²) in [7, 11) is 3.36. The van der Waals surface area contributed by atoms with Crippen LogP contribution in [0.3, 0.4) is 0 Å². The maximum Gasteiger partial charge on any atom is 0.230 e. The van der Waals surface area contributed by atoms with Crippen molar-refractivity contribution in [3.63, 3.8) is 0 Å². The van der Waals surface area contributed by atoms with Crippen LogP contribution in [0.2, 0.25) is 0 Å². The minimum Gasteiger partial charge on any atom is -0.497 e. The Bertz CT molecular complexity index is 1850. The molecule has 7 rings (SSSR count). The Labute approximate surface area is 251 Å². The number of benzene rings is 6. The molecule has 6 aromatic rings. The Morgan fingerprint density at radius 1 is 0.465 bits per heavy atom. The molecular formula is C39H30O4. The largest absolute Gasteiger partial charge is 0.497 e. The quantitative estimate of drug-likeness (QED) is 0.189. The lowest BCUT2D eigenvalue weighted by atomic mass is 9.91. The van der Waals surface area contributed by atoms with Gasteiger partial charge in [0.25, 0.3) is 0 Å². The first kappa shape index (κ1) is 26.4. The van der Waals surface area contributed by atoms with E-state index in [-0.39, 0.29) is 6.79 Å². The third-order valence-corrected chi connectivity index (χ3v) is 7.86. The van der Waals surface area contributed by atoms with Crippen LogP contribution in [0, 0.1) is 0 Å². The molecule has 210 valence electrons. The molecule has 0 aromatic heterocycles. The highest BCUT2D eigenvalue weighted by atomic mass is 16.7. The van der Waals surface area contributed by atoms with Crippen LogP contribution in [0.5, 0.6) is 23.0 Å². The maximum atomic E-state index is 6.10. The van der Waals surface area contributed by atoms with E-state index >= 15 is 0 Å². The Morgan fingerprint density at radius 3 is 1.28 bits per heavy atom. The van der Waals surface area contributed by atoms with E-state index in [0.717, 1.165) is 77.9 Å². The molecule has 0 N–H and O–H groups in total. The predicted molar refractivity (Wildman–Crippen MR) is 177 cm³/mol. The summed E-state index contributed by atoms with van der Waals surface area (Å²) in [5.74, 6) is 3.35. The van der Waals surface area contributed by atoms with E-state index in [2.05, 4.69) is 109 Å². The van der Waals surface area contributed by atoms with Gasteiger partial charge in [-0.25, -0.2) is 0 Å². The van der Waals surface area contributed by atoms with Gasteiger partial charge in [0.2, 0.25) is 6.79 Å². The number of hydrogen-bond donors (Lipinski definition) is 0. The van der Waals surface area contributed by atoms with Gasteiger partial charge in [-0.15, -0.1) is 0 Å². The van der Waals surface area contributed by atoms with Gasteiger partial charge in [0.1, 0.15) is 23.0 Å². The summed E-state index contributed by atoms with van der Waals surface area (Å²) in [5.41, 5.74) is 6.60. The SMILES string of the molecule is COc1ccc(/C=C\c2ccc3c4c(ccc3c2)OCOc2ccc3cc(/C=C/c5ccc(OC)cc5)ccc3c2-4)cc1. The van der Waals surface area contributed by atoms with Crippen molar-refractivity contribution in [2.24, 2.45) is 0 Å². The molecule has 1 heterocycles. The van der Waals surface area contributed by atoms with E-state index < -0.39 is 0 Å². The van der Waals surface area contributed by atoms with E-state index in [9.17, 15) is 0 Å². The molecule has 0 saturated carbocycles. The van der Waals surface area contributed by atoms with Crippen LogP contribution in [-0.2, 0) is 0 Å². The van der Waals surface area contributed by atoms with Crippen LogP contribution >= 0.6 is 0 Å². The number of rotatable bonds is 6. The molecule has 0 radical (unpaired) electrons. The van der Waals surface area contributed by atoms with Crippen molar-refractivity contribution in [2.75, 3.05) is 21.0 Å². The lowest BCUT2D eigenvalue weighted by Gasteiger charge is -2.14. The number of methoxy groups -OCH3 is 2. The van der Waals surface area contributed by atoms with Gasteiger partial charge in [-0.05, 0) is 92.3 Å². The molecule has 0 fully saturated rings. The van der Waals surface area contributed by atoms with Gasteiger partial charge < -0.3 is 18.9 Å². The smallest absolute Gasteiger partial charge is 0.230 e. The molecule has 0 atom stereocenters. The summed E-state index contributed by atoms with van der Waals surface area (Å²) >= 11 is 0. The van der Waals surface area contributed by atoms with E-state index in [1.54, 1.807) is 14.2 Å². The van der Waals surface area contributed by atoms with E-state index in [1.807, 2.05) is 24.3 Å². The van der Waals surface area contributed by atoms with Gasteiger partial charge >= 0.3 is 0 Å². The van der Waals surface area contributed by atoms with Gasteiger partial charge in [0.15, 0.2) is 0 Å². The van der Waals surface area contributed by atoms with Crippen molar-refractivity contribution < 1.29 is 18.9 Å². The summed E-state index contributed by atoms with van der Waals surface area (Å²) < 4.78 is 22.8. The van der Waals surface area contributed by atoms with Gasteiger partial charge in [0.05, 0.1) is 14.2 Å². The number of hydrogen-bond acceptors (Lipinski definition) is 4. The second kappa shape index (κ2) is 11.4. The summed E-state index contributed by atoms with van der Waals surface area (Å²) in [6, 6.07) is 37.6. The maximum absolute atomic E-state index is 6.10. The van der Waals surface area contributed by atoms with E-state index in [4.69, 9.17) is 18.9 Å². The molecule has 1 aliphatic heterocycles. The lowest BCUT2D eigenvalue weighted by Crippen LogP contribution is -2.03. The zero-order chi connectivity index (χ0) is 29.2. The second-order valence-corrected chi connectivity index (χ2v) is 10.5. The third-order valence-electron chi connectivity index (χ3n) is 7.86. The average molecular weight is 563 g/mol. The molecule has 0 unspecified atom stereocenters. The molecule has 1 aliphatic rings. The fourth-order valence-electron chi connectivity index (χ4n) is 5.59. The van der Waals surface area contributed by atoms with E-state index in [1.165, 1.54) is 0 Å². The highest BCUT2D eigenvalue weighted by Gasteiger charge is 2.22. The Morgan fingerprint density at radius 2 is 0.860 bits per heavy atom. The molecule has 43 heavy (non-hydrogen) atoms. The van der Waals surface area contributed by atoms with Crippen molar-refractivity contribution in [1.29, 1.82) is 0 Å². The predicted octanol–water partition coefficient (Wildman–Crippen LogP) is 9.75. The number of fused-ring (bicyclic) bond motifs is 7. The van der Waals surface area contributed by atoms with Crippen molar-refractivity contribution in [3.05, 3.63) is 131 Å². The summed E-state index contributed by atoms with van der Waals surface area (Å²) in [4.78, 5) is 0. The normalized spacial score (nSPS) is 12.5. The van der Waals surface area contributed by atoms with Crippen LogP contribution in [0.25, 0.3) is 57.0 Å². The zero-order valence-electron chi connectivity index (χ0n) is 24.0. The van der Waals surface area contributed by atoms with Gasteiger partial charge in [-0.1, -0.05) is 85.0 Å². The van der Waals surface area contributed by atoms with Crippen molar-refractivity contribution >= 4 is 45.8 Å². The summed E-state index contributed by atoms with van der Waals surface area (Å²) in [6.07, 6.45) is 8.50. The molecule has 4 heteroatoms. The molecule has 4 nitrogen and oxygen atoms in total. The van der Waals surface area contributed by atoms with Crippen LogP contribution in [-0.4, -0.2) is 21.0 Å². The Kier molecular flexibility index (Phi) is 7.02. The summed E-state index contributed by atoms with van der Waals surface area (Å²) in [6.45, 7) is 0.169. The topological polar surface area (TPSA) is 36.9 Å². The molecule has 0 bridgehead atoms.